The van der Waals surface area contributed by atoms with Crippen molar-refractivity contribution in [3.63, 3.8) is 0 Å². The minimum absolute atomic E-state index is 0. The molecule has 0 atom stereocenters. The molecule has 0 unspecified atom stereocenters. The van der Waals surface area contributed by atoms with E-state index in [2.05, 4.69) is 20.4 Å². The van der Waals surface area contributed by atoms with Gasteiger partial charge in [0.1, 0.15) is 0 Å². The van der Waals surface area contributed by atoms with Crippen molar-refractivity contribution in [2.45, 2.75) is 45.4 Å². The molecule has 0 saturated heterocycles. The topological polar surface area (TPSA) is 72.0 Å². The fourth-order valence-electron chi connectivity index (χ4n) is 1.80. The zero-order chi connectivity index (χ0) is 15.8. The van der Waals surface area contributed by atoms with Gasteiger partial charge in [-0.15, -0.1) is 24.0 Å². The van der Waals surface area contributed by atoms with E-state index in [-0.39, 0.29) is 29.9 Å². The summed E-state index contributed by atoms with van der Waals surface area (Å²) in [7, 11) is 3.20. The van der Waals surface area contributed by atoms with Gasteiger partial charge in [0.05, 0.1) is 7.11 Å². The van der Waals surface area contributed by atoms with Crippen LogP contribution in [0.1, 0.15) is 45.4 Å². The molecule has 132 valence electrons. The van der Waals surface area contributed by atoms with Gasteiger partial charge in [0, 0.05) is 39.8 Å². The van der Waals surface area contributed by atoms with Crippen molar-refractivity contribution < 1.29 is 14.3 Å². The van der Waals surface area contributed by atoms with Gasteiger partial charge in [-0.1, -0.05) is 12.8 Å². The Labute approximate surface area is 151 Å². The number of hydrogen-bond donors (Lipinski definition) is 2. The lowest BCUT2D eigenvalue weighted by Crippen LogP contribution is -2.38. The van der Waals surface area contributed by atoms with Crippen LogP contribution in [0.25, 0.3) is 0 Å². The zero-order valence-electron chi connectivity index (χ0n) is 14.2. The van der Waals surface area contributed by atoms with Gasteiger partial charge in [0.15, 0.2) is 5.96 Å². The second-order valence-electron chi connectivity index (χ2n) is 4.72. The number of carbonyl (C=O) groups is 1. The molecular formula is C15H32IN3O3. The summed E-state index contributed by atoms with van der Waals surface area (Å²) in [6, 6.07) is 0. The SMILES string of the molecule is CCOCCCNC(=NC)NCCCCCCC(=O)OC.I. The standard InChI is InChI=1S/C15H31N3O3.HI/c1-4-21-13-9-12-18-15(16-2)17-11-8-6-5-7-10-14(19)20-3;/h4-13H2,1-3H3,(H2,16,17,18);1H. The number of hydrogen-bond acceptors (Lipinski definition) is 4. The first-order valence-electron chi connectivity index (χ1n) is 7.83. The first kappa shape index (κ1) is 23.7. The van der Waals surface area contributed by atoms with E-state index in [0.717, 1.165) is 64.4 Å². The Hall–Kier alpha value is -0.570. The molecule has 0 radical (unpaired) electrons. The average molecular weight is 429 g/mol. The molecule has 0 heterocycles. The summed E-state index contributed by atoms with van der Waals surface area (Å²) >= 11 is 0. The molecule has 6 nitrogen and oxygen atoms in total. The molecule has 22 heavy (non-hydrogen) atoms. The first-order valence-corrected chi connectivity index (χ1v) is 7.83. The molecule has 0 bridgehead atoms. The summed E-state index contributed by atoms with van der Waals surface area (Å²) in [6.07, 6.45) is 5.62. The van der Waals surface area contributed by atoms with Gasteiger partial charge in [-0.25, -0.2) is 0 Å². The van der Waals surface area contributed by atoms with Gasteiger partial charge in [-0.2, -0.15) is 0 Å². The van der Waals surface area contributed by atoms with E-state index in [1.165, 1.54) is 7.11 Å². The minimum atomic E-state index is -0.121. The number of esters is 1. The molecule has 7 heteroatoms. The van der Waals surface area contributed by atoms with Crippen molar-refractivity contribution in [2.24, 2.45) is 4.99 Å². The van der Waals surface area contributed by atoms with Gasteiger partial charge >= 0.3 is 5.97 Å². The number of unbranched alkanes of at least 4 members (excludes halogenated alkanes) is 3. The van der Waals surface area contributed by atoms with Crippen LogP contribution in [0.4, 0.5) is 0 Å². The largest absolute Gasteiger partial charge is 0.469 e. The van der Waals surface area contributed by atoms with E-state index in [1.807, 2.05) is 6.92 Å². The molecule has 0 saturated carbocycles. The van der Waals surface area contributed by atoms with E-state index in [9.17, 15) is 4.79 Å². The van der Waals surface area contributed by atoms with Crippen LogP contribution in [0.5, 0.6) is 0 Å². The number of guanidine groups is 1. The fraction of sp³-hybridized carbons (Fsp3) is 0.867. The van der Waals surface area contributed by atoms with E-state index in [1.54, 1.807) is 7.05 Å². The van der Waals surface area contributed by atoms with Gasteiger partial charge in [0.25, 0.3) is 0 Å². The van der Waals surface area contributed by atoms with Gasteiger partial charge in [-0.05, 0) is 26.2 Å². The van der Waals surface area contributed by atoms with Crippen LogP contribution in [0, 0.1) is 0 Å². The zero-order valence-corrected chi connectivity index (χ0v) is 16.5. The molecule has 0 aromatic carbocycles. The second-order valence-corrected chi connectivity index (χ2v) is 4.72. The number of ether oxygens (including phenoxy) is 2. The molecule has 0 aromatic rings. The van der Waals surface area contributed by atoms with Crippen molar-refractivity contribution in [3.05, 3.63) is 0 Å². The molecule has 0 aromatic heterocycles. The Kier molecular flexibility index (Phi) is 19.9. The van der Waals surface area contributed by atoms with Gasteiger partial charge in [0.2, 0.25) is 0 Å². The normalized spacial score (nSPS) is 10.8. The highest BCUT2D eigenvalue weighted by Gasteiger charge is 2.00. The first-order chi connectivity index (χ1) is 10.2. The third kappa shape index (κ3) is 15.8. The van der Waals surface area contributed by atoms with E-state index < -0.39 is 0 Å². The Morgan fingerprint density at radius 2 is 1.68 bits per heavy atom. The summed E-state index contributed by atoms with van der Waals surface area (Å²) in [4.78, 5) is 15.1. The van der Waals surface area contributed by atoms with Gasteiger partial charge in [-0.3, -0.25) is 9.79 Å². The smallest absolute Gasteiger partial charge is 0.305 e. The number of halogens is 1. The summed E-state index contributed by atoms with van der Waals surface area (Å²) < 4.78 is 9.88. The molecule has 0 aliphatic carbocycles. The van der Waals surface area contributed by atoms with Crippen LogP contribution < -0.4 is 10.6 Å². The van der Waals surface area contributed by atoms with Crippen LogP contribution in [-0.4, -0.2) is 52.4 Å². The van der Waals surface area contributed by atoms with Crippen molar-refractivity contribution in [1.82, 2.24) is 10.6 Å². The van der Waals surface area contributed by atoms with E-state index >= 15 is 0 Å². The monoisotopic (exact) mass is 429 g/mol. The predicted molar refractivity (Wildman–Crippen MR) is 101 cm³/mol. The summed E-state index contributed by atoms with van der Waals surface area (Å²) in [5.74, 6) is 0.714. The lowest BCUT2D eigenvalue weighted by molar-refractivity contribution is -0.140. The van der Waals surface area contributed by atoms with Gasteiger partial charge < -0.3 is 20.1 Å². The van der Waals surface area contributed by atoms with Crippen molar-refractivity contribution in [2.75, 3.05) is 40.5 Å². The summed E-state index contributed by atoms with van der Waals surface area (Å²) in [5.41, 5.74) is 0. The highest BCUT2D eigenvalue weighted by molar-refractivity contribution is 14.0. The average Bonchev–Trinajstić information content (AvgIpc) is 2.51. The summed E-state index contributed by atoms with van der Waals surface area (Å²) in [6.45, 7) is 5.30. The van der Waals surface area contributed by atoms with E-state index in [4.69, 9.17) is 4.74 Å². The predicted octanol–water partition coefficient (Wildman–Crippen LogP) is 2.32. The maximum atomic E-state index is 10.9. The molecule has 0 fully saturated rings. The summed E-state index contributed by atoms with van der Waals surface area (Å²) in [5, 5.41) is 6.53. The molecule has 0 aliphatic heterocycles. The Balaban J connectivity index is 0. The highest BCUT2D eigenvalue weighted by atomic mass is 127. The van der Waals surface area contributed by atoms with Crippen LogP contribution >= 0.6 is 24.0 Å². The number of carbonyl (C=O) groups excluding carboxylic acids is 1. The Morgan fingerprint density at radius 1 is 1.05 bits per heavy atom. The Bertz CT molecular complexity index is 289. The molecule has 0 aliphatic rings. The molecule has 0 spiro atoms. The lowest BCUT2D eigenvalue weighted by Gasteiger charge is -2.11. The maximum absolute atomic E-state index is 10.9. The van der Waals surface area contributed by atoms with E-state index in [0.29, 0.717) is 6.42 Å². The molecule has 0 rings (SSSR count). The lowest BCUT2D eigenvalue weighted by atomic mass is 10.1. The number of nitrogens with one attached hydrogen (secondary N) is 2. The molecular weight excluding hydrogens is 397 g/mol. The maximum Gasteiger partial charge on any atom is 0.305 e. The number of methoxy groups -OCH3 is 1. The quantitative estimate of drug-likeness (QED) is 0.164. The number of nitrogens with zero attached hydrogens (tertiary/aromatic N) is 1. The van der Waals surface area contributed by atoms with Crippen LogP contribution in [0.15, 0.2) is 4.99 Å². The van der Waals surface area contributed by atoms with Crippen LogP contribution in [0.3, 0.4) is 0 Å². The third-order valence-corrected chi connectivity index (χ3v) is 3.01. The fourth-order valence-corrected chi connectivity index (χ4v) is 1.80. The highest BCUT2D eigenvalue weighted by Crippen LogP contribution is 2.03. The van der Waals surface area contributed by atoms with Crippen LogP contribution in [-0.2, 0) is 14.3 Å². The molecule has 0 amide bonds. The minimum Gasteiger partial charge on any atom is -0.469 e. The van der Waals surface area contributed by atoms with Crippen LogP contribution in [0.2, 0.25) is 0 Å². The third-order valence-electron chi connectivity index (χ3n) is 3.01. The second kappa shape index (κ2) is 18.5. The van der Waals surface area contributed by atoms with Crippen molar-refractivity contribution in [3.8, 4) is 0 Å². The van der Waals surface area contributed by atoms with Crippen molar-refractivity contribution >= 4 is 35.9 Å². The molecule has 2 N–H and O–H groups in total. The van der Waals surface area contributed by atoms with Crippen molar-refractivity contribution in [1.29, 1.82) is 0 Å². The Morgan fingerprint density at radius 3 is 2.27 bits per heavy atom. The number of aliphatic imine (C=N–C) groups is 1. The number of rotatable bonds is 12.